The Morgan fingerprint density at radius 2 is 1.85 bits per heavy atom. The number of fused-ring (bicyclic) bond motifs is 3. The molecule has 5 aliphatic rings. The summed E-state index contributed by atoms with van der Waals surface area (Å²) in [7, 11) is -2.29. The number of nitrogens with zero attached hydrogens (tertiary/aromatic N) is 4. The van der Waals surface area contributed by atoms with Crippen LogP contribution in [0.2, 0.25) is 0 Å². The fourth-order valence-electron chi connectivity index (χ4n) is 8.26. The monoisotopic (exact) mass is 847 g/mol. The van der Waals surface area contributed by atoms with Gasteiger partial charge in [-0.1, -0.05) is 38.8 Å². The van der Waals surface area contributed by atoms with Crippen LogP contribution in [-0.2, 0) is 24.4 Å². The quantitative estimate of drug-likeness (QED) is 0.249. The van der Waals surface area contributed by atoms with Crippen molar-refractivity contribution in [3.63, 3.8) is 0 Å². The van der Waals surface area contributed by atoms with E-state index in [2.05, 4.69) is 29.2 Å². The highest BCUT2D eigenvalue weighted by Gasteiger charge is 2.62. The van der Waals surface area contributed by atoms with Gasteiger partial charge in [-0.3, -0.25) is 19.1 Å². The van der Waals surface area contributed by atoms with E-state index >= 15 is 0 Å². The number of likely N-dealkylation sites (tertiary alicyclic amines) is 1. The van der Waals surface area contributed by atoms with Crippen LogP contribution >= 0.6 is 11.3 Å². The van der Waals surface area contributed by atoms with E-state index in [1.54, 1.807) is 12.0 Å². The molecular weight excluding hydrogens is 795 g/mol. The Balaban J connectivity index is 1.14. The van der Waals surface area contributed by atoms with E-state index in [0.717, 1.165) is 35.5 Å². The van der Waals surface area contributed by atoms with Gasteiger partial charge < -0.3 is 29.9 Å². The summed E-state index contributed by atoms with van der Waals surface area (Å²) in [6.07, 6.45) is 8.72. The highest BCUT2D eigenvalue weighted by atomic mass is 32.2. The number of hydrogen-bond donors (Lipinski definition) is 3. The molecule has 5 amide bonds. The summed E-state index contributed by atoms with van der Waals surface area (Å²) in [5.41, 5.74) is 1.53. The molecule has 5 heterocycles. The van der Waals surface area contributed by atoms with E-state index in [-0.39, 0.29) is 31.3 Å². The van der Waals surface area contributed by atoms with Crippen molar-refractivity contribution in [2.24, 2.45) is 5.92 Å². The molecule has 1 aromatic carbocycles. The van der Waals surface area contributed by atoms with Crippen molar-refractivity contribution in [3.8, 4) is 22.2 Å². The van der Waals surface area contributed by atoms with Gasteiger partial charge in [0.1, 0.15) is 45.9 Å². The minimum Gasteiger partial charge on any atom is -0.496 e. The van der Waals surface area contributed by atoms with Crippen molar-refractivity contribution in [2.45, 2.75) is 120 Å². The fraction of sp³-hybridized carbons (Fsp3) is 0.571. The van der Waals surface area contributed by atoms with Crippen LogP contribution in [0.15, 0.2) is 35.7 Å². The van der Waals surface area contributed by atoms with E-state index in [0.29, 0.717) is 73.3 Å². The maximum atomic E-state index is 14.7. The molecule has 2 saturated heterocycles. The first-order chi connectivity index (χ1) is 28.3. The van der Waals surface area contributed by atoms with Gasteiger partial charge in [-0.2, -0.15) is 0 Å². The first kappa shape index (κ1) is 41.0. The average Bonchev–Trinajstić information content (AvgIpc) is 4.05. The van der Waals surface area contributed by atoms with Crippen LogP contribution in [0, 0.1) is 12.8 Å². The molecule has 15 nitrogen and oxygen atoms in total. The lowest BCUT2D eigenvalue weighted by atomic mass is 10.0. The number of rotatable bonds is 9. The second kappa shape index (κ2) is 16.4. The van der Waals surface area contributed by atoms with Crippen molar-refractivity contribution in [1.82, 2.24) is 35.1 Å². The summed E-state index contributed by atoms with van der Waals surface area (Å²) in [5, 5.41) is 8.73. The molecular formula is C42H53N7O8S2. The highest BCUT2D eigenvalue weighted by Crippen LogP contribution is 2.46. The van der Waals surface area contributed by atoms with Crippen molar-refractivity contribution in [2.75, 3.05) is 26.7 Å². The van der Waals surface area contributed by atoms with E-state index < -0.39 is 62.6 Å². The topological polar surface area (TPSA) is 189 Å². The molecule has 59 heavy (non-hydrogen) atoms. The Bertz CT molecular complexity index is 2290. The summed E-state index contributed by atoms with van der Waals surface area (Å²) in [6, 6.07) is 3.27. The van der Waals surface area contributed by atoms with Gasteiger partial charge in [-0.25, -0.2) is 23.2 Å². The van der Waals surface area contributed by atoms with Crippen molar-refractivity contribution >= 4 is 56.0 Å². The number of pyridine rings is 1. The summed E-state index contributed by atoms with van der Waals surface area (Å²) >= 11 is 1.49. The minimum absolute atomic E-state index is 0.0224. The zero-order valence-electron chi connectivity index (χ0n) is 34.0. The fourth-order valence-corrected chi connectivity index (χ4v) is 10.6. The van der Waals surface area contributed by atoms with E-state index in [9.17, 15) is 27.6 Å². The van der Waals surface area contributed by atoms with Gasteiger partial charge in [0.15, 0.2) is 0 Å². The maximum Gasteiger partial charge on any atom is 0.318 e. The van der Waals surface area contributed by atoms with Gasteiger partial charge >= 0.3 is 6.03 Å². The van der Waals surface area contributed by atoms with Gasteiger partial charge in [0.2, 0.25) is 21.8 Å². The number of sulfonamides is 1. The lowest BCUT2D eigenvalue weighted by molar-refractivity contribution is -0.141. The van der Waals surface area contributed by atoms with Crippen molar-refractivity contribution in [3.05, 3.63) is 47.0 Å². The summed E-state index contributed by atoms with van der Waals surface area (Å²) in [5.74, 6) is -0.821. The number of nitrogens with one attached hydrogen (secondary N) is 3. The number of ether oxygens (including phenoxy) is 2. The average molecular weight is 848 g/mol. The molecule has 316 valence electrons. The van der Waals surface area contributed by atoms with Crippen LogP contribution in [0.5, 0.6) is 11.5 Å². The van der Waals surface area contributed by atoms with E-state index in [1.165, 1.54) is 16.2 Å². The number of aromatic nitrogens is 2. The Morgan fingerprint density at radius 1 is 1.05 bits per heavy atom. The van der Waals surface area contributed by atoms with Gasteiger partial charge in [-0.15, -0.1) is 11.3 Å². The number of benzene rings is 1. The number of hydrogen-bond acceptors (Lipinski definition) is 11. The number of thiazole rings is 1. The van der Waals surface area contributed by atoms with Crippen LogP contribution in [0.1, 0.15) is 95.2 Å². The first-order valence-corrected chi connectivity index (χ1v) is 23.2. The van der Waals surface area contributed by atoms with Crippen LogP contribution < -0.4 is 24.8 Å². The first-order valence-electron chi connectivity index (χ1n) is 20.8. The third-order valence-corrected chi connectivity index (χ3v) is 15.0. The van der Waals surface area contributed by atoms with Crippen LogP contribution in [0.25, 0.3) is 21.6 Å². The molecule has 0 spiro atoms. The SMILES string of the molecule is COc1ccc2c(O[C@@H]3C[C@H]4C(=O)N[C@]5(C(=O)NS(=O)(=O)C6CC6)C[C@H]5/C=C\CCCCC[C@H](NC(=O)N5CCC5)C(=O)N4C3)cc(-c3nc(C(C)C)cs3)nc2c1C. The van der Waals surface area contributed by atoms with Gasteiger partial charge in [-0.05, 0) is 69.9 Å². The number of urea groups is 1. The molecule has 0 unspecified atom stereocenters. The summed E-state index contributed by atoms with van der Waals surface area (Å²) < 4.78 is 40.6. The molecule has 3 aliphatic heterocycles. The zero-order chi connectivity index (χ0) is 41.6. The molecule has 0 radical (unpaired) electrons. The largest absolute Gasteiger partial charge is 0.496 e. The normalized spacial score (nSPS) is 26.8. The lowest BCUT2D eigenvalue weighted by Gasteiger charge is -2.34. The number of aryl methyl sites for hydroxylation is 1. The van der Waals surface area contributed by atoms with Crippen molar-refractivity contribution in [1.29, 1.82) is 0 Å². The number of carbonyl (C=O) groups excluding carboxylic acids is 4. The Hall–Kier alpha value is -4.77. The standard InChI is InChI=1S/C42H53N7O8S2/c1-24(2)32-23-58-38(44-32)31-20-35(29-15-16-34(56-4)25(3)36(29)43-31)57-27-19-33-37(50)46-42(40(52)47-59(54,55)28-13-14-28)21-26(42)11-8-6-5-7-9-12-30(39(51)49(33)22-27)45-41(53)48-17-10-18-48/h8,11,15-16,20,23-24,26-28,30,33H,5-7,9-10,12-14,17-19,21-22H2,1-4H3,(H,45,53)(H,46,50)(H,47,52)/b11-8-/t26-,27-,30+,33+,42-/m1/s1. The molecule has 17 heteroatoms. The Kier molecular flexibility index (Phi) is 11.4. The molecule has 4 fully saturated rings. The van der Waals surface area contributed by atoms with Gasteiger partial charge in [0.05, 0.1) is 30.1 Å². The predicted molar refractivity (Wildman–Crippen MR) is 223 cm³/mol. The molecule has 2 aromatic heterocycles. The van der Waals surface area contributed by atoms with Gasteiger partial charge in [0.25, 0.3) is 5.91 Å². The minimum atomic E-state index is -3.90. The summed E-state index contributed by atoms with van der Waals surface area (Å²) in [4.78, 5) is 69.4. The van der Waals surface area contributed by atoms with Crippen molar-refractivity contribution < 1.29 is 37.1 Å². The second-order valence-electron chi connectivity index (χ2n) is 16.9. The molecule has 3 N–H and O–H groups in total. The number of methoxy groups -OCH3 is 1. The molecule has 2 aliphatic carbocycles. The number of carbonyl (C=O) groups is 4. The lowest BCUT2D eigenvalue weighted by Crippen LogP contribution is -2.59. The molecule has 3 aromatic rings. The third kappa shape index (κ3) is 8.37. The molecule has 0 bridgehead atoms. The molecule has 2 saturated carbocycles. The third-order valence-electron chi connectivity index (χ3n) is 12.3. The van der Waals surface area contributed by atoms with Crippen LogP contribution in [0.4, 0.5) is 4.79 Å². The Morgan fingerprint density at radius 3 is 2.54 bits per heavy atom. The second-order valence-corrected chi connectivity index (χ2v) is 19.7. The molecule has 5 atom stereocenters. The highest BCUT2D eigenvalue weighted by molar-refractivity contribution is 7.91. The number of amides is 5. The van der Waals surface area contributed by atoms with Crippen LogP contribution in [0.3, 0.4) is 0 Å². The smallest absolute Gasteiger partial charge is 0.318 e. The van der Waals surface area contributed by atoms with E-state index in [4.69, 9.17) is 19.4 Å². The van der Waals surface area contributed by atoms with Gasteiger partial charge in [0, 0.05) is 47.8 Å². The van der Waals surface area contributed by atoms with Crippen LogP contribution in [-0.4, -0.2) is 108 Å². The molecule has 8 rings (SSSR count). The zero-order valence-corrected chi connectivity index (χ0v) is 35.6. The van der Waals surface area contributed by atoms with E-state index in [1.807, 2.05) is 42.7 Å². The number of allylic oxidation sites excluding steroid dienone is 1. The summed E-state index contributed by atoms with van der Waals surface area (Å²) in [6.45, 7) is 7.33. The Labute approximate surface area is 348 Å². The maximum absolute atomic E-state index is 14.7. The predicted octanol–water partition coefficient (Wildman–Crippen LogP) is 4.93.